The standard InChI is InChI=1S/C14H18N4O2/c1-4-18-8-10(13(17-18)9(2)3)14(20)16-11-5-6-15-7-12(11)19/h5-9,19H,4H2,1-3H3,(H,15,16,20). The second-order valence-corrected chi connectivity index (χ2v) is 4.79. The van der Waals surface area contributed by atoms with Gasteiger partial charge in [0.2, 0.25) is 0 Å². The third-order valence-corrected chi connectivity index (χ3v) is 2.95. The molecule has 0 atom stereocenters. The van der Waals surface area contributed by atoms with Gasteiger partial charge < -0.3 is 10.4 Å². The van der Waals surface area contributed by atoms with Gasteiger partial charge in [0.15, 0.2) is 5.75 Å². The molecule has 0 aliphatic carbocycles. The lowest BCUT2D eigenvalue weighted by Gasteiger charge is -2.07. The highest BCUT2D eigenvalue weighted by atomic mass is 16.3. The largest absolute Gasteiger partial charge is 0.504 e. The van der Waals surface area contributed by atoms with E-state index in [1.807, 2.05) is 20.8 Å². The topological polar surface area (TPSA) is 80.0 Å². The monoisotopic (exact) mass is 274 g/mol. The average molecular weight is 274 g/mol. The normalized spacial score (nSPS) is 10.8. The van der Waals surface area contributed by atoms with Crippen LogP contribution in [0.15, 0.2) is 24.7 Å². The fourth-order valence-electron chi connectivity index (χ4n) is 1.88. The summed E-state index contributed by atoms with van der Waals surface area (Å²) in [7, 11) is 0. The molecule has 2 N–H and O–H groups in total. The Morgan fingerprint density at radius 2 is 2.25 bits per heavy atom. The Balaban J connectivity index is 2.29. The first-order chi connectivity index (χ1) is 9.52. The Hall–Kier alpha value is -2.37. The number of aromatic nitrogens is 3. The minimum absolute atomic E-state index is 0.0603. The average Bonchev–Trinajstić information content (AvgIpc) is 2.86. The Labute approximate surface area is 117 Å². The smallest absolute Gasteiger partial charge is 0.259 e. The summed E-state index contributed by atoms with van der Waals surface area (Å²) in [5.74, 6) is -0.195. The molecule has 0 bridgehead atoms. The maximum atomic E-state index is 12.3. The minimum Gasteiger partial charge on any atom is -0.504 e. The molecule has 2 rings (SSSR count). The highest BCUT2D eigenvalue weighted by Crippen LogP contribution is 2.23. The summed E-state index contributed by atoms with van der Waals surface area (Å²) in [6.45, 7) is 6.65. The van der Waals surface area contributed by atoms with Crippen LogP contribution < -0.4 is 5.32 Å². The van der Waals surface area contributed by atoms with E-state index in [0.717, 1.165) is 5.69 Å². The van der Waals surface area contributed by atoms with Gasteiger partial charge in [-0.1, -0.05) is 13.8 Å². The Kier molecular flexibility index (Phi) is 4.02. The molecule has 2 heterocycles. The predicted octanol–water partition coefficient (Wildman–Crippen LogP) is 2.38. The van der Waals surface area contributed by atoms with Gasteiger partial charge in [0.25, 0.3) is 5.91 Å². The van der Waals surface area contributed by atoms with E-state index >= 15 is 0 Å². The molecule has 2 aromatic heterocycles. The molecule has 0 aliphatic rings. The second kappa shape index (κ2) is 5.73. The van der Waals surface area contributed by atoms with Crippen LogP contribution in [0.25, 0.3) is 0 Å². The van der Waals surface area contributed by atoms with Gasteiger partial charge in [-0.15, -0.1) is 0 Å². The predicted molar refractivity (Wildman–Crippen MR) is 75.8 cm³/mol. The molecule has 2 aromatic rings. The molecule has 0 unspecified atom stereocenters. The van der Waals surface area contributed by atoms with Crippen molar-refractivity contribution in [1.29, 1.82) is 0 Å². The molecule has 0 radical (unpaired) electrons. The number of amides is 1. The lowest BCUT2D eigenvalue weighted by molar-refractivity contribution is 0.102. The van der Waals surface area contributed by atoms with Gasteiger partial charge >= 0.3 is 0 Å². The molecule has 0 saturated carbocycles. The Bertz CT molecular complexity index is 619. The molecule has 0 aliphatic heterocycles. The van der Waals surface area contributed by atoms with Crippen LogP contribution in [-0.2, 0) is 6.54 Å². The number of aryl methyl sites for hydroxylation is 1. The number of hydrogen-bond acceptors (Lipinski definition) is 4. The van der Waals surface area contributed by atoms with Crippen LogP contribution in [0.1, 0.15) is 42.7 Å². The van der Waals surface area contributed by atoms with Crippen LogP contribution in [0, 0.1) is 0 Å². The highest BCUT2D eigenvalue weighted by molar-refractivity contribution is 6.05. The van der Waals surface area contributed by atoms with E-state index in [4.69, 9.17) is 0 Å². The number of anilines is 1. The number of carbonyl (C=O) groups excluding carboxylic acids is 1. The summed E-state index contributed by atoms with van der Waals surface area (Å²) in [5, 5.41) is 16.7. The number of carbonyl (C=O) groups is 1. The Morgan fingerprint density at radius 1 is 1.50 bits per heavy atom. The number of aromatic hydroxyl groups is 1. The summed E-state index contributed by atoms with van der Waals surface area (Å²) in [4.78, 5) is 16.1. The molecular formula is C14H18N4O2. The van der Waals surface area contributed by atoms with Crippen molar-refractivity contribution in [2.75, 3.05) is 5.32 Å². The zero-order valence-corrected chi connectivity index (χ0v) is 11.8. The van der Waals surface area contributed by atoms with E-state index in [1.165, 1.54) is 12.4 Å². The molecule has 6 heteroatoms. The van der Waals surface area contributed by atoms with Gasteiger partial charge in [-0.05, 0) is 18.9 Å². The van der Waals surface area contributed by atoms with Crippen LogP contribution in [-0.4, -0.2) is 25.8 Å². The quantitative estimate of drug-likeness (QED) is 0.897. The van der Waals surface area contributed by atoms with Crippen molar-refractivity contribution < 1.29 is 9.90 Å². The Morgan fingerprint density at radius 3 is 2.85 bits per heavy atom. The van der Waals surface area contributed by atoms with Gasteiger partial charge in [0.05, 0.1) is 23.1 Å². The first-order valence-electron chi connectivity index (χ1n) is 6.54. The van der Waals surface area contributed by atoms with Crippen molar-refractivity contribution in [2.24, 2.45) is 0 Å². The summed E-state index contributed by atoms with van der Waals surface area (Å²) < 4.78 is 1.73. The summed E-state index contributed by atoms with van der Waals surface area (Å²) in [5.41, 5.74) is 1.61. The van der Waals surface area contributed by atoms with Gasteiger partial charge in [0.1, 0.15) is 0 Å². The number of hydrogen-bond donors (Lipinski definition) is 2. The van der Waals surface area contributed by atoms with Crippen molar-refractivity contribution in [3.05, 3.63) is 35.9 Å². The number of rotatable bonds is 4. The van der Waals surface area contributed by atoms with Crippen molar-refractivity contribution in [1.82, 2.24) is 14.8 Å². The molecule has 6 nitrogen and oxygen atoms in total. The summed E-state index contributed by atoms with van der Waals surface area (Å²) in [6.07, 6.45) is 4.52. The van der Waals surface area contributed by atoms with Crippen LogP contribution in [0.4, 0.5) is 5.69 Å². The molecule has 0 spiro atoms. The second-order valence-electron chi connectivity index (χ2n) is 4.79. The maximum absolute atomic E-state index is 12.3. The van der Waals surface area contributed by atoms with Crippen molar-refractivity contribution >= 4 is 11.6 Å². The molecule has 0 fully saturated rings. The van der Waals surface area contributed by atoms with Crippen LogP contribution in [0.3, 0.4) is 0 Å². The van der Waals surface area contributed by atoms with Crippen LogP contribution in [0.5, 0.6) is 5.75 Å². The molecular weight excluding hydrogens is 256 g/mol. The van der Waals surface area contributed by atoms with Crippen molar-refractivity contribution in [2.45, 2.75) is 33.2 Å². The summed E-state index contributed by atoms with van der Waals surface area (Å²) in [6, 6.07) is 1.55. The SMILES string of the molecule is CCn1cc(C(=O)Nc2ccncc2O)c(C(C)C)n1. The lowest BCUT2D eigenvalue weighted by atomic mass is 10.1. The minimum atomic E-state index is -0.282. The van der Waals surface area contributed by atoms with E-state index in [0.29, 0.717) is 17.8 Å². The third kappa shape index (κ3) is 2.79. The molecule has 106 valence electrons. The fraction of sp³-hybridized carbons (Fsp3) is 0.357. The van der Waals surface area contributed by atoms with Crippen molar-refractivity contribution in [3.63, 3.8) is 0 Å². The molecule has 1 amide bonds. The van der Waals surface area contributed by atoms with E-state index in [-0.39, 0.29) is 17.6 Å². The maximum Gasteiger partial charge on any atom is 0.259 e. The zero-order valence-electron chi connectivity index (χ0n) is 11.8. The number of nitrogens with one attached hydrogen (secondary N) is 1. The molecule has 0 saturated heterocycles. The van der Waals surface area contributed by atoms with E-state index in [2.05, 4.69) is 15.4 Å². The van der Waals surface area contributed by atoms with Crippen LogP contribution in [0.2, 0.25) is 0 Å². The summed E-state index contributed by atoms with van der Waals surface area (Å²) >= 11 is 0. The fourth-order valence-corrected chi connectivity index (χ4v) is 1.88. The van der Waals surface area contributed by atoms with Gasteiger partial charge in [0, 0.05) is 18.9 Å². The van der Waals surface area contributed by atoms with Crippen molar-refractivity contribution in [3.8, 4) is 5.75 Å². The molecule has 0 aromatic carbocycles. The first kappa shape index (κ1) is 14.0. The van der Waals surface area contributed by atoms with E-state index < -0.39 is 0 Å². The van der Waals surface area contributed by atoms with Gasteiger partial charge in [-0.25, -0.2) is 0 Å². The zero-order chi connectivity index (χ0) is 14.7. The van der Waals surface area contributed by atoms with Crippen LogP contribution >= 0.6 is 0 Å². The lowest BCUT2D eigenvalue weighted by Crippen LogP contribution is -2.14. The number of nitrogens with zero attached hydrogens (tertiary/aromatic N) is 3. The van der Waals surface area contributed by atoms with E-state index in [9.17, 15) is 9.90 Å². The highest BCUT2D eigenvalue weighted by Gasteiger charge is 2.19. The van der Waals surface area contributed by atoms with E-state index in [1.54, 1.807) is 16.9 Å². The number of pyridine rings is 1. The van der Waals surface area contributed by atoms with Gasteiger partial charge in [-0.3, -0.25) is 14.5 Å². The first-order valence-corrected chi connectivity index (χ1v) is 6.54. The molecule has 20 heavy (non-hydrogen) atoms. The third-order valence-electron chi connectivity index (χ3n) is 2.95. The van der Waals surface area contributed by atoms with Gasteiger partial charge in [-0.2, -0.15) is 5.10 Å².